The van der Waals surface area contributed by atoms with E-state index < -0.39 is 10.2 Å². The van der Waals surface area contributed by atoms with Gasteiger partial charge in [-0.1, -0.05) is 6.92 Å². The van der Waals surface area contributed by atoms with Crippen molar-refractivity contribution < 1.29 is 8.42 Å². The fraction of sp³-hybridized carbons (Fsp3) is 0.900. The first-order valence-corrected chi connectivity index (χ1v) is 7.04. The molecule has 1 unspecified atom stereocenters. The first-order valence-electron chi connectivity index (χ1n) is 5.64. The molecular formula is C10H20N4O2S. The average Bonchev–Trinajstić information content (AvgIpc) is 2.70. The van der Waals surface area contributed by atoms with Crippen LogP contribution < -0.4 is 5.73 Å². The van der Waals surface area contributed by atoms with Crippen LogP contribution in [0.4, 0.5) is 0 Å². The number of nitrogens with two attached hydrogens (primary N) is 1. The Morgan fingerprint density at radius 2 is 2.24 bits per heavy atom. The van der Waals surface area contributed by atoms with Crippen molar-refractivity contribution in [3.8, 4) is 6.07 Å². The van der Waals surface area contributed by atoms with E-state index in [0.717, 1.165) is 6.42 Å². The molecule has 1 rings (SSSR count). The zero-order valence-electron chi connectivity index (χ0n) is 10.4. The molecule has 0 aromatic carbocycles. The lowest BCUT2D eigenvalue weighted by molar-refractivity contribution is 0.335. The van der Waals surface area contributed by atoms with E-state index in [1.807, 2.05) is 13.0 Å². The molecule has 1 fully saturated rings. The second-order valence-electron chi connectivity index (χ2n) is 4.84. The molecule has 0 spiro atoms. The van der Waals surface area contributed by atoms with Crippen molar-refractivity contribution in [2.24, 2.45) is 11.1 Å². The summed E-state index contributed by atoms with van der Waals surface area (Å²) in [6.07, 6.45) is 0.993. The summed E-state index contributed by atoms with van der Waals surface area (Å²) in [5, 5.41) is 8.47. The molecule has 0 bridgehead atoms. The first kappa shape index (κ1) is 14.4. The maximum Gasteiger partial charge on any atom is 0.281 e. The van der Waals surface area contributed by atoms with Gasteiger partial charge < -0.3 is 5.73 Å². The van der Waals surface area contributed by atoms with Crippen molar-refractivity contribution in [2.45, 2.75) is 19.8 Å². The summed E-state index contributed by atoms with van der Waals surface area (Å²) in [6.45, 7) is 3.68. The molecule has 98 valence electrons. The fourth-order valence-electron chi connectivity index (χ4n) is 1.86. The van der Waals surface area contributed by atoms with Gasteiger partial charge in [-0.25, -0.2) is 0 Å². The molecule has 1 aliphatic heterocycles. The highest BCUT2D eigenvalue weighted by atomic mass is 32.2. The van der Waals surface area contributed by atoms with Crippen LogP contribution in [0.1, 0.15) is 19.8 Å². The smallest absolute Gasteiger partial charge is 0.281 e. The zero-order chi connectivity index (χ0) is 13.1. The molecule has 2 N–H and O–H groups in total. The quantitative estimate of drug-likeness (QED) is 0.738. The van der Waals surface area contributed by atoms with Gasteiger partial charge in [0.05, 0.1) is 6.07 Å². The minimum absolute atomic E-state index is 0.122. The molecular weight excluding hydrogens is 240 g/mol. The van der Waals surface area contributed by atoms with E-state index in [-0.39, 0.29) is 18.4 Å². The van der Waals surface area contributed by atoms with Crippen LogP contribution in [0, 0.1) is 16.7 Å². The standard InChI is InChI=1S/C10H20N4O2S/c1-10(8-12)4-7-14(9-10)17(15,16)13(2)6-3-5-11/h3-4,6-9,12H2,1-2H3. The lowest BCUT2D eigenvalue weighted by Gasteiger charge is -2.25. The van der Waals surface area contributed by atoms with Crippen LogP contribution in [0.25, 0.3) is 0 Å². The molecule has 0 aromatic rings. The Bertz CT molecular complexity index is 403. The lowest BCUT2D eigenvalue weighted by Crippen LogP contribution is -2.42. The monoisotopic (exact) mass is 260 g/mol. The van der Waals surface area contributed by atoms with Crippen LogP contribution in [0.5, 0.6) is 0 Å². The lowest BCUT2D eigenvalue weighted by atomic mass is 9.90. The number of nitrogens with zero attached hydrogens (tertiary/aromatic N) is 3. The predicted octanol–water partition coefficient (Wildman–Crippen LogP) is -0.253. The summed E-state index contributed by atoms with van der Waals surface area (Å²) in [5.41, 5.74) is 5.53. The van der Waals surface area contributed by atoms with Crippen LogP contribution in [0.2, 0.25) is 0 Å². The van der Waals surface area contributed by atoms with Crippen LogP contribution in [-0.2, 0) is 10.2 Å². The van der Waals surface area contributed by atoms with E-state index in [1.54, 1.807) is 0 Å². The van der Waals surface area contributed by atoms with Crippen LogP contribution >= 0.6 is 0 Å². The van der Waals surface area contributed by atoms with Gasteiger partial charge >= 0.3 is 0 Å². The molecule has 1 atom stereocenters. The van der Waals surface area contributed by atoms with Gasteiger partial charge in [0.25, 0.3) is 10.2 Å². The number of rotatable bonds is 5. The third-order valence-corrected chi connectivity index (χ3v) is 5.21. The molecule has 17 heavy (non-hydrogen) atoms. The first-order chi connectivity index (χ1) is 7.85. The van der Waals surface area contributed by atoms with E-state index in [4.69, 9.17) is 11.0 Å². The van der Waals surface area contributed by atoms with Gasteiger partial charge in [0.2, 0.25) is 0 Å². The van der Waals surface area contributed by atoms with Gasteiger partial charge in [-0.15, -0.1) is 0 Å². The summed E-state index contributed by atoms with van der Waals surface area (Å²) >= 11 is 0. The minimum atomic E-state index is -3.43. The van der Waals surface area contributed by atoms with Crippen LogP contribution in [0.15, 0.2) is 0 Å². The highest BCUT2D eigenvalue weighted by Gasteiger charge is 2.39. The Morgan fingerprint density at radius 1 is 1.59 bits per heavy atom. The topological polar surface area (TPSA) is 90.4 Å². The summed E-state index contributed by atoms with van der Waals surface area (Å²) < 4.78 is 27.0. The SMILES string of the molecule is CN(CCC#N)S(=O)(=O)N1CCC(C)(CN)C1. The van der Waals surface area contributed by atoms with Gasteiger partial charge in [0.1, 0.15) is 0 Å². The van der Waals surface area contributed by atoms with E-state index in [0.29, 0.717) is 19.6 Å². The van der Waals surface area contributed by atoms with E-state index in [9.17, 15) is 8.42 Å². The second kappa shape index (κ2) is 5.31. The molecule has 0 saturated carbocycles. The van der Waals surface area contributed by atoms with Crippen molar-refractivity contribution in [1.82, 2.24) is 8.61 Å². The molecule has 1 saturated heterocycles. The second-order valence-corrected chi connectivity index (χ2v) is 6.87. The van der Waals surface area contributed by atoms with E-state index in [2.05, 4.69) is 0 Å². The largest absolute Gasteiger partial charge is 0.330 e. The molecule has 0 amide bonds. The summed E-state index contributed by atoms with van der Waals surface area (Å²) in [7, 11) is -1.93. The van der Waals surface area contributed by atoms with Gasteiger partial charge in [0.15, 0.2) is 0 Å². The fourth-order valence-corrected chi connectivity index (χ4v) is 3.38. The summed E-state index contributed by atoms with van der Waals surface area (Å²) in [6, 6.07) is 1.94. The van der Waals surface area contributed by atoms with E-state index in [1.165, 1.54) is 15.7 Å². The molecule has 6 nitrogen and oxygen atoms in total. The van der Waals surface area contributed by atoms with E-state index >= 15 is 0 Å². The molecule has 0 aliphatic carbocycles. The summed E-state index contributed by atoms with van der Waals surface area (Å²) in [4.78, 5) is 0. The Kier molecular flexibility index (Phi) is 4.49. The maximum atomic E-state index is 12.1. The van der Waals surface area contributed by atoms with Crippen molar-refractivity contribution in [3.05, 3.63) is 0 Å². The van der Waals surface area contributed by atoms with Crippen molar-refractivity contribution in [2.75, 3.05) is 33.2 Å². The number of hydrogen-bond donors (Lipinski definition) is 1. The molecule has 1 heterocycles. The minimum Gasteiger partial charge on any atom is -0.330 e. The third kappa shape index (κ3) is 3.16. The Balaban J connectivity index is 2.70. The van der Waals surface area contributed by atoms with Gasteiger partial charge in [-0.05, 0) is 18.4 Å². The number of hydrogen-bond acceptors (Lipinski definition) is 4. The van der Waals surface area contributed by atoms with Crippen molar-refractivity contribution >= 4 is 10.2 Å². The maximum absolute atomic E-state index is 12.1. The average molecular weight is 260 g/mol. The van der Waals surface area contributed by atoms with Gasteiger partial charge in [-0.3, -0.25) is 0 Å². The molecule has 0 aromatic heterocycles. The normalized spacial score (nSPS) is 26.3. The number of nitriles is 1. The Morgan fingerprint density at radius 3 is 2.71 bits per heavy atom. The third-order valence-electron chi connectivity index (χ3n) is 3.27. The molecule has 1 aliphatic rings. The van der Waals surface area contributed by atoms with Crippen molar-refractivity contribution in [3.63, 3.8) is 0 Å². The Labute approximate surface area is 103 Å². The van der Waals surface area contributed by atoms with Crippen LogP contribution in [-0.4, -0.2) is 50.3 Å². The van der Waals surface area contributed by atoms with Crippen molar-refractivity contribution in [1.29, 1.82) is 5.26 Å². The molecule has 0 radical (unpaired) electrons. The Hall–Kier alpha value is -0.680. The summed E-state index contributed by atoms with van der Waals surface area (Å²) in [5.74, 6) is 0. The molecule has 7 heteroatoms. The highest BCUT2D eigenvalue weighted by Crippen LogP contribution is 2.30. The zero-order valence-corrected chi connectivity index (χ0v) is 11.2. The van der Waals surface area contributed by atoms with Gasteiger partial charge in [0, 0.05) is 33.1 Å². The highest BCUT2D eigenvalue weighted by molar-refractivity contribution is 7.86. The van der Waals surface area contributed by atoms with Crippen LogP contribution in [0.3, 0.4) is 0 Å². The van der Waals surface area contributed by atoms with Gasteiger partial charge in [-0.2, -0.15) is 22.3 Å². The predicted molar refractivity (Wildman–Crippen MR) is 65.1 cm³/mol.